The Balaban J connectivity index is 1.63. The lowest BCUT2D eigenvalue weighted by Crippen LogP contribution is -2.57. The predicted molar refractivity (Wildman–Crippen MR) is 207 cm³/mol. The smallest absolute Gasteiger partial charge is 0.244 e. The average Bonchev–Trinajstić information content (AvgIpc) is 3.14. The molecule has 13 heteroatoms. The van der Waals surface area contributed by atoms with E-state index < -0.39 is 41.3 Å². The zero-order valence-electron chi connectivity index (χ0n) is 28.3. The Morgan fingerprint density at radius 2 is 0.904 bits per heavy atom. The molecule has 4 aromatic carbocycles. The number of amides is 2. The summed E-state index contributed by atoms with van der Waals surface area (Å²) < 4.78 is 10.8. The monoisotopic (exact) mass is 732 g/mol. The van der Waals surface area contributed by atoms with E-state index in [2.05, 4.69) is 0 Å². The maximum Gasteiger partial charge on any atom is 0.244 e. The number of para-hydroxylation sites is 2. The van der Waals surface area contributed by atoms with Gasteiger partial charge < -0.3 is 32.4 Å². The molecule has 0 bridgehead atoms. The van der Waals surface area contributed by atoms with Crippen LogP contribution in [0.15, 0.2) is 132 Å². The lowest BCUT2D eigenvalue weighted by atomic mass is 9.67. The number of rotatable bonds is 10. The average molecular weight is 733 g/mol. The van der Waals surface area contributed by atoms with Crippen LogP contribution in [0.3, 0.4) is 0 Å². The second-order valence-electron chi connectivity index (χ2n) is 12.2. The first-order valence-corrected chi connectivity index (χ1v) is 17.0. The maximum absolute atomic E-state index is 15.7. The molecule has 4 unspecified atom stereocenters. The molecule has 2 aliphatic rings. The van der Waals surface area contributed by atoms with Crippen molar-refractivity contribution in [2.75, 3.05) is 24.0 Å². The van der Waals surface area contributed by atoms with Crippen molar-refractivity contribution in [3.8, 4) is 11.5 Å². The van der Waals surface area contributed by atoms with E-state index in [0.29, 0.717) is 34.0 Å². The summed E-state index contributed by atoms with van der Waals surface area (Å²) in [5.41, 5.74) is 28.4. The van der Waals surface area contributed by atoms with Crippen molar-refractivity contribution in [3.63, 3.8) is 0 Å². The summed E-state index contributed by atoms with van der Waals surface area (Å²) in [4.78, 5) is 47.9. The predicted octanol–water partition coefficient (Wildman–Crippen LogP) is 4.38. The Morgan fingerprint density at radius 1 is 0.577 bits per heavy atom. The third kappa shape index (κ3) is 6.24. The quantitative estimate of drug-likeness (QED) is 0.134. The highest BCUT2D eigenvalue weighted by molar-refractivity contribution is 7.81. The molecule has 0 aliphatic carbocycles. The Labute approximate surface area is 311 Å². The molecule has 2 amide bonds. The van der Waals surface area contributed by atoms with Gasteiger partial charge in [-0.3, -0.25) is 24.2 Å². The number of Topliss-reactive ketones (excluding diaryl/α,β-unsaturated/α-hetero) is 1. The van der Waals surface area contributed by atoms with E-state index >= 15 is 14.4 Å². The molecule has 0 aromatic heterocycles. The molecular formula is C39H36N6O5S2. The molecule has 0 saturated carbocycles. The van der Waals surface area contributed by atoms with Crippen molar-refractivity contribution >= 4 is 63.4 Å². The fourth-order valence-electron chi connectivity index (χ4n) is 7.05. The zero-order valence-corrected chi connectivity index (χ0v) is 29.9. The van der Waals surface area contributed by atoms with Gasteiger partial charge in [0.25, 0.3) is 0 Å². The third-order valence-corrected chi connectivity index (χ3v) is 9.86. The van der Waals surface area contributed by atoms with Gasteiger partial charge in [-0.25, -0.2) is 0 Å². The number of anilines is 2. The summed E-state index contributed by atoms with van der Waals surface area (Å²) in [6.07, 6.45) is 0. The van der Waals surface area contributed by atoms with E-state index in [4.69, 9.17) is 56.8 Å². The summed E-state index contributed by atoms with van der Waals surface area (Å²) in [6, 6.07) is 30.8. The number of nitrogens with two attached hydrogens (primary N) is 4. The highest BCUT2D eigenvalue weighted by Gasteiger charge is 2.55. The minimum absolute atomic E-state index is 0.0332. The van der Waals surface area contributed by atoms with Crippen molar-refractivity contribution < 1.29 is 23.9 Å². The molecule has 0 radical (unpaired) electrons. The summed E-state index contributed by atoms with van der Waals surface area (Å²) in [7, 11) is 3.04. The first-order chi connectivity index (χ1) is 25.0. The summed E-state index contributed by atoms with van der Waals surface area (Å²) in [5, 5.41) is 0. The van der Waals surface area contributed by atoms with Crippen LogP contribution in [0.1, 0.15) is 23.0 Å². The Bertz CT molecular complexity index is 1970. The topological polar surface area (TPSA) is 180 Å². The van der Waals surface area contributed by atoms with Crippen LogP contribution in [0, 0.1) is 11.8 Å². The number of hydrogen-bond donors (Lipinski definition) is 4. The van der Waals surface area contributed by atoms with Gasteiger partial charge in [0.2, 0.25) is 11.8 Å². The maximum atomic E-state index is 15.7. The minimum atomic E-state index is -1.56. The Hall–Kier alpha value is -6.05. The molecular weight excluding hydrogens is 697 g/mol. The van der Waals surface area contributed by atoms with Crippen molar-refractivity contribution in [2.24, 2.45) is 34.8 Å². The second kappa shape index (κ2) is 14.7. The van der Waals surface area contributed by atoms with Crippen molar-refractivity contribution in [3.05, 3.63) is 143 Å². The molecule has 2 heterocycles. The molecule has 2 aliphatic heterocycles. The van der Waals surface area contributed by atoms with Crippen molar-refractivity contribution in [1.29, 1.82) is 0 Å². The lowest BCUT2D eigenvalue weighted by molar-refractivity contribution is -0.140. The van der Waals surface area contributed by atoms with Gasteiger partial charge in [-0.05, 0) is 59.7 Å². The van der Waals surface area contributed by atoms with E-state index in [1.165, 1.54) is 24.0 Å². The first kappa shape index (κ1) is 35.8. The largest absolute Gasteiger partial charge is 0.497 e. The standard InChI is InChI=1S/C39H36N6O5S2/c1-49-25-17-13-21(14-18-25)27-29(38(47)44(23-9-5-3-6-10-23)34(40)31(27)36(42)51)33(46)30-28(22-15-19-26(50-2)20-16-22)32(37(43)52)35(41)45(39(30)48)24-11-7-4-8-12-24/h3-20,27-30H,40-41H2,1-2H3,(H2,42,51)(H2,43,52). The van der Waals surface area contributed by atoms with Crippen LogP contribution in [0.25, 0.3) is 0 Å². The van der Waals surface area contributed by atoms with Crippen LogP contribution in [0.4, 0.5) is 11.4 Å². The van der Waals surface area contributed by atoms with Crippen molar-refractivity contribution in [2.45, 2.75) is 11.8 Å². The van der Waals surface area contributed by atoms with Crippen molar-refractivity contribution in [1.82, 2.24) is 0 Å². The fourth-order valence-corrected chi connectivity index (χ4v) is 7.51. The lowest BCUT2D eigenvalue weighted by Gasteiger charge is -2.43. The summed E-state index contributed by atoms with van der Waals surface area (Å²) >= 11 is 11.1. The number of carbonyl (C=O) groups is 3. The molecule has 0 spiro atoms. The molecule has 4 aromatic rings. The molecule has 8 N–H and O–H groups in total. The van der Waals surface area contributed by atoms with Gasteiger partial charge >= 0.3 is 0 Å². The molecule has 52 heavy (non-hydrogen) atoms. The van der Waals surface area contributed by atoms with E-state index in [9.17, 15) is 0 Å². The van der Waals surface area contributed by atoms with Crippen LogP contribution in [-0.4, -0.2) is 41.8 Å². The molecule has 6 rings (SSSR count). The van der Waals surface area contributed by atoms with Gasteiger partial charge in [-0.15, -0.1) is 0 Å². The molecule has 0 fully saturated rings. The van der Waals surface area contributed by atoms with Gasteiger partial charge in [-0.1, -0.05) is 85.1 Å². The minimum Gasteiger partial charge on any atom is -0.497 e. The SMILES string of the molecule is COc1ccc(C2C(C(N)=S)=C(N)N(c3ccccc3)C(=O)C2C(=O)C2C(=O)N(c3ccccc3)C(N)=C(C(N)=S)C2c2ccc(OC)cc2)cc1. The normalized spacial score (nSPS) is 20.5. The van der Waals surface area contributed by atoms with Gasteiger partial charge in [0, 0.05) is 23.0 Å². The summed E-state index contributed by atoms with van der Waals surface area (Å²) in [6.45, 7) is 0. The summed E-state index contributed by atoms with van der Waals surface area (Å²) in [5.74, 6) is -6.38. The number of methoxy groups -OCH3 is 2. The molecule has 4 atom stereocenters. The molecule has 11 nitrogen and oxygen atoms in total. The number of ether oxygens (including phenoxy) is 2. The van der Waals surface area contributed by atoms with Crippen LogP contribution in [-0.2, 0) is 14.4 Å². The Morgan fingerprint density at radius 3 is 1.19 bits per heavy atom. The van der Waals surface area contributed by atoms with E-state index in [1.807, 2.05) is 0 Å². The van der Waals surface area contributed by atoms with Crippen LogP contribution in [0.5, 0.6) is 11.5 Å². The first-order valence-electron chi connectivity index (χ1n) is 16.2. The van der Waals surface area contributed by atoms with Gasteiger partial charge in [0.1, 0.15) is 45.0 Å². The highest BCUT2D eigenvalue weighted by atomic mass is 32.1. The molecule has 264 valence electrons. The van der Waals surface area contributed by atoms with E-state index in [0.717, 1.165) is 0 Å². The number of hydrogen-bond acceptors (Lipinski definition) is 9. The second-order valence-corrected chi connectivity index (χ2v) is 13.1. The van der Waals surface area contributed by atoms with E-state index in [1.54, 1.807) is 109 Å². The van der Waals surface area contributed by atoms with Crippen LogP contribution in [0.2, 0.25) is 0 Å². The Kier molecular flexibility index (Phi) is 10.1. The van der Waals surface area contributed by atoms with Gasteiger partial charge in [0.05, 0.1) is 25.6 Å². The van der Waals surface area contributed by atoms with E-state index in [-0.39, 0.29) is 32.8 Å². The zero-order chi connectivity index (χ0) is 37.3. The number of carbonyl (C=O) groups excluding carboxylic acids is 3. The number of thiocarbonyl (C=S) groups is 2. The van der Waals surface area contributed by atoms with Crippen LogP contribution >= 0.6 is 24.4 Å². The highest BCUT2D eigenvalue weighted by Crippen LogP contribution is 2.48. The van der Waals surface area contributed by atoms with Gasteiger partial charge in [0.15, 0.2) is 5.78 Å². The molecule has 0 saturated heterocycles. The third-order valence-electron chi connectivity index (χ3n) is 9.42. The van der Waals surface area contributed by atoms with Gasteiger partial charge in [-0.2, -0.15) is 0 Å². The number of benzene rings is 4. The number of nitrogens with zero attached hydrogens (tertiary/aromatic N) is 2. The fraction of sp³-hybridized carbons (Fsp3) is 0.154. The number of ketones is 1. The van der Waals surface area contributed by atoms with Crippen LogP contribution < -0.4 is 42.2 Å².